The van der Waals surface area contributed by atoms with Gasteiger partial charge in [-0.25, -0.2) is 9.78 Å². The molecule has 0 spiro atoms. The molecule has 0 fully saturated rings. The smallest absolute Gasteiger partial charge is 0.326 e. The van der Waals surface area contributed by atoms with Gasteiger partial charge in [0.2, 0.25) is 0 Å². The van der Waals surface area contributed by atoms with Crippen molar-refractivity contribution in [2.45, 2.75) is 40.2 Å². The van der Waals surface area contributed by atoms with Crippen LogP contribution in [0.5, 0.6) is 0 Å². The zero-order valence-corrected chi connectivity index (χ0v) is 15.1. The van der Waals surface area contributed by atoms with Crippen molar-refractivity contribution in [3.05, 3.63) is 33.7 Å². The van der Waals surface area contributed by atoms with E-state index in [0.29, 0.717) is 23.5 Å². The Morgan fingerprint density at radius 1 is 1.39 bits per heavy atom. The highest BCUT2D eigenvalue weighted by molar-refractivity contribution is 9.10. The molecular formula is C16H20BrN3O3. The van der Waals surface area contributed by atoms with Gasteiger partial charge in [-0.2, -0.15) is 0 Å². The first-order chi connectivity index (χ1) is 10.7. The summed E-state index contributed by atoms with van der Waals surface area (Å²) in [5.74, 6) is -1.30. The van der Waals surface area contributed by atoms with Crippen LogP contribution in [0, 0.1) is 19.8 Å². The molecule has 7 heteroatoms. The highest BCUT2D eigenvalue weighted by Crippen LogP contribution is 2.22. The summed E-state index contributed by atoms with van der Waals surface area (Å²) in [6, 6.07) is 1.00. The van der Waals surface area contributed by atoms with E-state index in [1.165, 1.54) is 0 Å². The van der Waals surface area contributed by atoms with Crippen molar-refractivity contribution in [2.75, 3.05) is 0 Å². The lowest BCUT2D eigenvalue weighted by Crippen LogP contribution is -2.42. The Hall–Kier alpha value is -1.89. The van der Waals surface area contributed by atoms with E-state index in [-0.39, 0.29) is 5.92 Å². The lowest BCUT2D eigenvalue weighted by atomic mass is 10.0. The summed E-state index contributed by atoms with van der Waals surface area (Å²) in [4.78, 5) is 28.4. The van der Waals surface area contributed by atoms with Gasteiger partial charge in [-0.15, -0.1) is 0 Å². The molecule has 0 aliphatic rings. The molecule has 0 aliphatic carbocycles. The summed E-state index contributed by atoms with van der Waals surface area (Å²) in [6.07, 6.45) is 2.19. The molecule has 0 radical (unpaired) electrons. The molecule has 0 saturated carbocycles. The number of hydrogen-bond donors (Lipinski definition) is 2. The third-order valence-corrected chi connectivity index (χ3v) is 4.10. The molecule has 0 bridgehead atoms. The van der Waals surface area contributed by atoms with Gasteiger partial charge < -0.3 is 10.4 Å². The Labute approximate surface area is 143 Å². The number of hydrogen-bond acceptors (Lipinski definition) is 3. The number of halogens is 1. The normalized spacial score (nSPS) is 12.6. The van der Waals surface area contributed by atoms with Crippen molar-refractivity contribution in [1.29, 1.82) is 0 Å². The molecule has 23 heavy (non-hydrogen) atoms. The van der Waals surface area contributed by atoms with E-state index in [9.17, 15) is 14.7 Å². The van der Waals surface area contributed by atoms with Crippen molar-refractivity contribution in [1.82, 2.24) is 14.7 Å². The molecule has 1 amide bonds. The molecule has 2 N–H and O–H groups in total. The zero-order valence-electron chi connectivity index (χ0n) is 13.6. The van der Waals surface area contributed by atoms with Crippen molar-refractivity contribution in [3.63, 3.8) is 0 Å². The van der Waals surface area contributed by atoms with Gasteiger partial charge in [-0.05, 0) is 53.7 Å². The standard InChI is InChI=1S/C16H20BrN3O3/c1-8(2)5-12(16(22)23)19-15(21)13-10(4)18-14-11(17)6-9(3)7-20(13)14/h6-8,12H,5H2,1-4H3,(H,19,21)(H,22,23). The van der Waals surface area contributed by atoms with Crippen LogP contribution in [-0.2, 0) is 4.79 Å². The molecule has 2 aromatic heterocycles. The summed E-state index contributed by atoms with van der Waals surface area (Å²) >= 11 is 3.44. The third kappa shape index (κ3) is 3.72. The number of carboxylic acid groups (broad SMARTS) is 1. The van der Waals surface area contributed by atoms with Gasteiger partial charge in [-0.1, -0.05) is 13.8 Å². The Bertz CT molecular complexity index is 768. The van der Waals surface area contributed by atoms with Crippen LogP contribution < -0.4 is 5.32 Å². The number of nitrogens with one attached hydrogen (secondary N) is 1. The molecule has 0 aromatic carbocycles. The lowest BCUT2D eigenvalue weighted by Gasteiger charge is -2.16. The maximum absolute atomic E-state index is 12.6. The fraction of sp³-hybridized carbons (Fsp3) is 0.438. The van der Waals surface area contributed by atoms with E-state index in [0.717, 1.165) is 10.0 Å². The number of rotatable bonds is 5. The van der Waals surface area contributed by atoms with Crippen LogP contribution >= 0.6 is 15.9 Å². The Morgan fingerprint density at radius 2 is 2.04 bits per heavy atom. The average molecular weight is 382 g/mol. The molecular weight excluding hydrogens is 362 g/mol. The van der Waals surface area contributed by atoms with Crippen LogP contribution in [0.2, 0.25) is 0 Å². The highest BCUT2D eigenvalue weighted by atomic mass is 79.9. The molecule has 6 nitrogen and oxygen atoms in total. The van der Waals surface area contributed by atoms with Crippen molar-refractivity contribution < 1.29 is 14.7 Å². The molecule has 2 rings (SSSR count). The zero-order chi connectivity index (χ0) is 17.3. The van der Waals surface area contributed by atoms with Crippen LogP contribution in [0.25, 0.3) is 5.65 Å². The van der Waals surface area contributed by atoms with Gasteiger partial charge in [0.1, 0.15) is 11.7 Å². The molecule has 1 unspecified atom stereocenters. The van der Waals surface area contributed by atoms with Gasteiger partial charge in [0.15, 0.2) is 5.65 Å². The number of aryl methyl sites for hydroxylation is 2. The van der Waals surface area contributed by atoms with Gasteiger partial charge >= 0.3 is 5.97 Å². The van der Waals surface area contributed by atoms with Crippen LogP contribution in [0.3, 0.4) is 0 Å². The SMILES string of the molecule is Cc1cc(Br)c2nc(C)c(C(=O)NC(CC(C)C)C(=O)O)n2c1. The van der Waals surface area contributed by atoms with Crippen LogP contribution in [-0.4, -0.2) is 32.4 Å². The predicted octanol–water partition coefficient (Wildman–Crippen LogP) is 2.94. The molecule has 0 saturated heterocycles. The van der Waals surface area contributed by atoms with E-state index in [1.54, 1.807) is 11.3 Å². The van der Waals surface area contributed by atoms with Gasteiger partial charge in [0.05, 0.1) is 10.2 Å². The Morgan fingerprint density at radius 3 is 2.61 bits per heavy atom. The van der Waals surface area contributed by atoms with E-state index in [1.807, 2.05) is 33.0 Å². The van der Waals surface area contributed by atoms with Crippen LogP contribution in [0.1, 0.15) is 42.0 Å². The monoisotopic (exact) mass is 381 g/mol. The first-order valence-corrected chi connectivity index (χ1v) is 8.18. The van der Waals surface area contributed by atoms with E-state index < -0.39 is 17.9 Å². The first-order valence-electron chi connectivity index (χ1n) is 7.39. The van der Waals surface area contributed by atoms with Crippen molar-refractivity contribution >= 4 is 33.5 Å². The highest BCUT2D eigenvalue weighted by Gasteiger charge is 2.25. The van der Waals surface area contributed by atoms with Crippen LogP contribution in [0.4, 0.5) is 0 Å². The second-order valence-corrected chi connectivity index (χ2v) is 6.95. The van der Waals surface area contributed by atoms with E-state index >= 15 is 0 Å². The molecule has 2 heterocycles. The number of carbonyl (C=O) groups is 2. The average Bonchev–Trinajstić information content (AvgIpc) is 2.73. The number of pyridine rings is 1. The molecule has 124 valence electrons. The number of fused-ring (bicyclic) bond motifs is 1. The summed E-state index contributed by atoms with van der Waals surface area (Å²) in [5, 5.41) is 11.9. The lowest BCUT2D eigenvalue weighted by molar-refractivity contribution is -0.139. The number of nitrogens with zero attached hydrogens (tertiary/aromatic N) is 2. The maximum atomic E-state index is 12.6. The maximum Gasteiger partial charge on any atom is 0.326 e. The number of amides is 1. The molecule has 0 aliphatic heterocycles. The second-order valence-electron chi connectivity index (χ2n) is 6.10. The number of carbonyl (C=O) groups excluding carboxylic acids is 1. The number of imidazole rings is 1. The minimum Gasteiger partial charge on any atom is -0.480 e. The topological polar surface area (TPSA) is 83.7 Å². The number of carboxylic acids is 1. The molecule has 2 aromatic rings. The van der Waals surface area contributed by atoms with E-state index in [4.69, 9.17) is 0 Å². The summed E-state index contributed by atoms with van der Waals surface area (Å²) < 4.78 is 2.48. The number of aromatic nitrogens is 2. The second kappa shape index (κ2) is 6.70. The van der Waals surface area contributed by atoms with Gasteiger partial charge in [0.25, 0.3) is 5.91 Å². The quantitative estimate of drug-likeness (QED) is 0.833. The summed E-state index contributed by atoms with van der Waals surface area (Å²) in [6.45, 7) is 7.49. The van der Waals surface area contributed by atoms with E-state index in [2.05, 4.69) is 26.2 Å². The summed E-state index contributed by atoms with van der Waals surface area (Å²) in [7, 11) is 0. The largest absolute Gasteiger partial charge is 0.480 e. The Balaban J connectivity index is 2.41. The molecule has 1 atom stereocenters. The van der Waals surface area contributed by atoms with Gasteiger partial charge in [-0.3, -0.25) is 9.20 Å². The first kappa shape index (κ1) is 17.5. The minimum absolute atomic E-state index is 0.163. The van der Waals surface area contributed by atoms with Gasteiger partial charge in [0, 0.05) is 6.20 Å². The van der Waals surface area contributed by atoms with Crippen LogP contribution in [0.15, 0.2) is 16.7 Å². The minimum atomic E-state index is -1.03. The van der Waals surface area contributed by atoms with Crippen molar-refractivity contribution in [2.24, 2.45) is 5.92 Å². The fourth-order valence-electron chi connectivity index (χ4n) is 2.54. The Kier molecular flexibility index (Phi) is 5.09. The predicted molar refractivity (Wildman–Crippen MR) is 90.7 cm³/mol. The third-order valence-electron chi connectivity index (χ3n) is 3.51. The number of aliphatic carboxylic acids is 1. The van der Waals surface area contributed by atoms with Crippen molar-refractivity contribution in [3.8, 4) is 0 Å². The summed E-state index contributed by atoms with van der Waals surface area (Å²) in [5.41, 5.74) is 2.52. The fourth-order valence-corrected chi connectivity index (χ4v) is 3.18.